The van der Waals surface area contributed by atoms with Gasteiger partial charge in [-0.2, -0.15) is 0 Å². The van der Waals surface area contributed by atoms with Gasteiger partial charge < -0.3 is 34.6 Å². The molecule has 5 N–H and O–H groups in total. The van der Waals surface area contributed by atoms with Crippen molar-refractivity contribution in [2.24, 2.45) is 52.3 Å². The molecule has 1 saturated heterocycles. The Bertz CT molecular complexity index is 1310. The fourth-order valence-electron chi connectivity index (χ4n) is 13.1. The van der Waals surface area contributed by atoms with Crippen molar-refractivity contribution < 1.29 is 39.1 Å². The molecule has 0 bridgehead atoms. The van der Waals surface area contributed by atoms with E-state index in [0.29, 0.717) is 23.7 Å². The first kappa shape index (κ1) is 45.6. The van der Waals surface area contributed by atoms with Crippen molar-refractivity contribution in [2.45, 2.75) is 225 Å². The highest BCUT2D eigenvalue weighted by Gasteiger charge is 2.65. The minimum absolute atomic E-state index is 0.0302. The van der Waals surface area contributed by atoms with Gasteiger partial charge in [-0.05, 0) is 117 Å². The number of aliphatic hydroxyl groups is 3. The molecule has 5 rings (SSSR count). The number of rotatable bonds is 19. The first-order valence-electron chi connectivity index (χ1n) is 23.0. The Hall–Kier alpha value is -0.490. The normalized spacial score (nSPS) is 40.4. The zero-order valence-corrected chi connectivity index (χ0v) is 36.5. The third kappa shape index (κ3) is 10.1. The quantitative estimate of drug-likeness (QED) is 0.0496. The van der Waals surface area contributed by atoms with Gasteiger partial charge >= 0.3 is 7.60 Å². The number of unbranched alkanes of at least 4 members (excludes halogenated alkanes) is 10. The van der Waals surface area contributed by atoms with E-state index in [1.54, 1.807) is 0 Å². The second kappa shape index (κ2) is 19.7. The van der Waals surface area contributed by atoms with Crippen LogP contribution in [0.5, 0.6) is 0 Å². The molecule has 5 fully saturated rings. The maximum atomic E-state index is 13.4. The van der Waals surface area contributed by atoms with Crippen molar-refractivity contribution in [1.82, 2.24) is 0 Å². The van der Waals surface area contributed by atoms with Gasteiger partial charge in [-0.3, -0.25) is 4.57 Å². The van der Waals surface area contributed by atoms with Gasteiger partial charge in [0.15, 0.2) is 11.6 Å². The van der Waals surface area contributed by atoms with Crippen LogP contribution in [0.4, 0.5) is 0 Å². The average molecular weight is 793 g/mol. The van der Waals surface area contributed by atoms with Gasteiger partial charge in [0.25, 0.3) is 0 Å². The summed E-state index contributed by atoms with van der Waals surface area (Å²) in [4.78, 5) is 21.8. The summed E-state index contributed by atoms with van der Waals surface area (Å²) in [5.41, 5.74) is 0.360. The van der Waals surface area contributed by atoms with Gasteiger partial charge in [0, 0.05) is 12.3 Å². The third-order valence-corrected chi connectivity index (χ3v) is 17.9. The molecule has 15 atom stereocenters. The largest absolute Gasteiger partial charge is 0.390 e. The van der Waals surface area contributed by atoms with Crippen molar-refractivity contribution in [1.29, 1.82) is 0 Å². The lowest BCUT2D eigenvalue weighted by atomic mass is 9.44. The van der Waals surface area contributed by atoms with E-state index in [1.165, 1.54) is 96.3 Å². The molecule has 0 spiro atoms. The molecule has 0 aromatic carbocycles. The van der Waals surface area contributed by atoms with Crippen LogP contribution in [-0.4, -0.2) is 61.2 Å². The Morgan fingerprint density at radius 2 is 1.45 bits per heavy atom. The van der Waals surface area contributed by atoms with Crippen molar-refractivity contribution in [3.63, 3.8) is 0 Å². The van der Waals surface area contributed by atoms with Gasteiger partial charge in [-0.15, -0.1) is 11.8 Å². The number of ether oxygens (including phenoxy) is 2. The number of hydrogen-bond acceptors (Lipinski definition) is 6. The Morgan fingerprint density at radius 3 is 2.11 bits per heavy atom. The molecule has 0 aromatic rings. The van der Waals surface area contributed by atoms with Crippen molar-refractivity contribution >= 4 is 7.60 Å². The van der Waals surface area contributed by atoms with Crippen molar-refractivity contribution in [3.05, 3.63) is 0 Å². The van der Waals surface area contributed by atoms with Crippen LogP contribution in [-0.2, 0) is 14.0 Å². The third-order valence-electron chi connectivity index (χ3n) is 16.3. The van der Waals surface area contributed by atoms with Crippen LogP contribution in [0.25, 0.3) is 0 Å². The predicted octanol–water partition coefficient (Wildman–Crippen LogP) is 10.1. The molecule has 1 aliphatic heterocycles. The molecule has 8 unspecified atom stereocenters. The summed E-state index contributed by atoms with van der Waals surface area (Å²) in [6.45, 7) is 13.9. The second-order valence-corrected chi connectivity index (χ2v) is 21.8. The van der Waals surface area contributed by atoms with Crippen LogP contribution in [0.1, 0.15) is 189 Å². The van der Waals surface area contributed by atoms with Crippen LogP contribution in [0.15, 0.2) is 0 Å². The minimum Gasteiger partial charge on any atom is -0.390 e. The van der Waals surface area contributed by atoms with E-state index >= 15 is 0 Å². The number of aliphatic hydroxyl groups excluding tert-OH is 3. The van der Waals surface area contributed by atoms with Crippen molar-refractivity contribution in [3.8, 4) is 11.8 Å². The molecule has 55 heavy (non-hydrogen) atoms. The summed E-state index contributed by atoms with van der Waals surface area (Å²) < 4.78 is 25.7. The smallest absolute Gasteiger partial charge is 0.357 e. The van der Waals surface area contributed by atoms with Gasteiger partial charge in [0.2, 0.25) is 0 Å². The van der Waals surface area contributed by atoms with E-state index in [4.69, 9.17) is 9.47 Å². The number of fused-ring (bicyclic) bond motifs is 5. The van der Waals surface area contributed by atoms with Crippen LogP contribution in [0.2, 0.25) is 0 Å². The van der Waals surface area contributed by atoms with E-state index in [9.17, 15) is 29.7 Å². The van der Waals surface area contributed by atoms with Crippen LogP contribution < -0.4 is 0 Å². The van der Waals surface area contributed by atoms with E-state index in [-0.39, 0.29) is 36.5 Å². The molecular weight excluding hydrogens is 711 g/mol. The maximum absolute atomic E-state index is 13.4. The number of hydrogen-bond donors (Lipinski definition) is 5. The maximum Gasteiger partial charge on any atom is 0.357 e. The molecule has 4 aliphatic carbocycles. The molecule has 0 aromatic heterocycles. The Balaban J connectivity index is 1.13. The molecule has 1 heterocycles. The van der Waals surface area contributed by atoms with Gasteiger partial charge in [-0.25, -0.2) is 0 Å². The second-order valence-electron chi connectivity index (χ2n) is 19.9. The van der Waals surface area contributed by atoms with Crippen molar-refractivity contribution in [2.75, 3.05) is 0 Å². The van der Waals surface area contributed by atoms with Gasteiger partial charge in [0.05, 0.1) is 6.10 Å². The monoisotopic (exact) mass is 793 g/mol. The average Bonchev–Trinajstić information content (AvgIpc) is 3.63. The molecular formula is C46H81O8P. The van der Waals surface area contributed by atoms with E-state index in [0.717, 1.165) is 43.4 Å². The van der Waals surface area contributed by atoms with Crippen LogP contribution in [0, 0.1) is 64.1 Å². The Morgan fingerprint density at radius 1 is 0.800 bits per heavy atom. The highest BCUT2D eigenvalue weighted by molar-refractivity contribution is 7.53. The molecule has 5 aliphatic rings. The van der Waals surface area contributed by atoms with Gasteiger partial charge in [0.1, 0.15) is 18.3 Å². The predicted molar refractivity (Wildman–Crippen MR) is 220 cm³/mol. The highest BCUT2D eigenvalue weighted by atomic mass is 31.2. The summed E-state index contributed by atoms with van der Waals surface area (Å²) >= 11 is 0. The summed E-state index contributed by atoms with van der Waals surface area (Å²) in [5, 5.41) is 31.4. The minimum atomic E-state index is -4.83. The topological polar surface area (TPSA) is 137 Å². The zero-order valence-electron chi connectivity index (χ0n) is 35.6. The standard InChI is InChI=1S/C46H81O8P/c1-7-9-10-11-12-13-14-15-16-17-18-19-21-32(3)30-39(47)42-40(48)41(49)43(53-42)54-46(55(50,51)52)29-28-44(5)34(31-46)22-23-35-37-25-24-36(33(4)20-8-2)45(37,6)27-26-38(35)44/h32-43,47-49H,7-18,20,22-31H2,1-6H3,(H2,50,51,52)/t32?,33-,34?,35?,36-,37?,38?,39?,40+,41+,42+,43?,44+,45-,46?/m1/s1. The Labute approximate surface area is 335 Å². The molecule has 4 saturated carbocycles. The lowest BCUT2D eigenvalue weighted by molar-refractivity contribution is -0.238. The molecule has 8 nitrogen and oxygen atoms in total. The van der Waals surface area contributed by atoms with Crippen LogP contribution >= 0.6 is 7.60 Å². The highest BCUT2D eigenvalue weighted by Crippen LogP contribution is 2.72. The molecule has 9 heteroatoms. The summed E-state index contributed by atoms with van der Waals surface area (Å²) in [6, 6.07) is 0. The lowest BCUT2D eigenvalue weighted by Crippen LogP contribution is -2.57. The molecule has 0 amide bonds. The summed E-state index contributed by atoms with van der Waals surface area (Å²) in [6.07, 6.45) is 17.8. The SMILES string of the molecule is CCCCCCCCCCCCC#CC(C)CC(O)[C@@H]1OC(OC2(P(=O)(O)O)CC[C@@]3(C)C(CCC4C3CC[C@@]3(C)C4CC[C@@H]3[C@H](C)CCC)C2)[C@@H](O)[C@@H]1O. The zero-order chi connectivity index (χ0) is 40.0. The molecule has 318 valence electrons. The first-order chi connectivity index (χ1) is 26.1. The summed E-state index contributed by atoms with van der Waals surface area (Å²) in [5.74, 6) is 9.88. The lowest BCUT2D eigenvalue weighted by Gasteiger charge is -2.62. The van der Waals surface area contributed by atoms with Gasteiger partial charge in [-0.1, -0.05) is 112 Å². The van der Waals surface area contributed by atoms with E-state index in [1.807, 2.05) is 6.92 Å². The van der Waals surface area contributed by atoms with E-state index in [2.05, 4.69) is 46.5 Å². The Kier molecular flexibility index (Phi) is 16.3. The molecule has 0 radical (unpaired) electrons. The first-order valence-corrected chi connectivity index (χ1v) is 24.6. The van der Waals surface area contributed by atoms with E-state index < -0.39 is 43.6 Å². The van der Waals surface area contributed by atoms with Crippen LogP contribution in [0.3, 0.4) is 0 Å². The fourth-order valence-corrected chi connectivity index (χ4v) is 14.2. The summed E-state index contributed by atoms with van der Waals surface area (Å²) in [7, 11) is -4.83. The fraction of sp³-hybridized carbons (Fsp3) is 0.957.